The summed E-state index contributed by atoms with van der Waals surface area (Å²) in [6, 6.07) is 3.60. The average molecular weight is 249 g/mol. The summed E-state index contributed by atoms with van der Waals surface area (Å²) in [6.45, 7) is 3.85. The van der Waals surface area contributed by atoms with E-state index in [1.54, 1.807) is 22.9 Å². The van der Waals surface area contributed by atoms with Crippen LogP contribution in [0.25, 0.3) is 17.2 Å². The van der Waals surface area contributed by atoms with E-state index >= 15 is 0 Å². The van der Waals surface area contributed by atoms with Gasteiger partial charge in [-0.2, -0.15) is 9.61 Å². The van der Waals surface area contributed by atoms with Crippen molar-refractivity contribution < 1.29 is 4.42 Å². The third-order valence-electron chi connectivity index (χ3n) is 2.78. The Balaban J connectivity index is 2.37. The molecule has 17 heavy (non-hydrogen) atoms. The molecule has 3 rings (SSSR count). The molecule has 0 spiro atoms. The Morgan fingerprint density at radius 1 is 1.24 bits per heavy atom. The van der Waals surface area contributed by atoms with Crippen LogP contribution in [0.15, 0.2) is 22.8 Å². The Kier molecular flexibility index (Phi) is 2.16. The monoisotopic (exact) mass is 248 g/mol. The molecule has 0 saturated heterocycles. The van der Waals surface area contributed by atoms with Crippen LogP contribution in [0.4, 0.5) is 0 Å². The van der Waals surface area contributed by atoms with Crippen molar-refractivity contribution in [3.63, 3.8) is 0 Å². The first-order chi connectivity index (χ1) is 8.18. The normalized spacial score (nSPS) is 11.2. The summed E-state index contributed by atoms with van der Waals surface area (Å²) in [5.74, 6) is 1.17. The van der Waals surface area contributed by atoms with Crippen LogP contribution < -0.4 is 0 Å². The number of furan rings is 1. The van der Waals surface area contributed by atoms with E-state index in [4.69, 9.17) is 16.0 Å². The Morgan fingerprint density at radius 2 is 2.06 bits per heavy atom. The molecule has 0 aliphatic heterocycles. The first kappa shape index (κ1) is 10.3. The molecule has 0 atom stereocenters. The summed E-state index contributed by atoms with van der Waals surface area (Å²) >= 11 is 6.07. The van der Waals surface area contributed by atoms with Crippen LogP contribution in [0.1, 0.15) is 11.1 Å². The van der Waals surface area contributed by atoms with E-state index in [1.807, 2.05) is 13.8 Å². The van der Waals surface area contributed by atoms with Gasteiger partial charge in [0, 0.05) is 5.56 Å². The van der Waals surface area contributed by atoms with E-state index < -0.39 is 0 Å². The van der Waals surface area contributed by atoms with E-state index in [9.17, 15) is 0 Å². The van der Waals surface area contributed by atoms with Gasteiger partial charge in [-0.05, 0) is 31.5 Å². The summed E-state index contributed by atoms with van der Waals surface area (Å²) in [4.78, 5) is 0. The number of fused-ring (bicyclic) bond motifs is 1. The van der Waals surface area contributed by atoms with Crippen molar-refractivity contribution in [2.24, 2.45) is 0 Å². The van der Waals surface area contributed by atoms with E-state index in [1.165, 1.54) is 0 Å². The summed E-state index contributed by atoms with van der Waals surface area (Å²) in [5.41, 5.74) is 2.58. The van der Waals surface area contributed by atoms with Gasteiger partial charge in [0.2, 0.25) is 5.82 Å². The highest BCUT2D eigenvalue weighted by atomic mass is 35.5. The van der Waals surface area contributed by atoms with Crippen molar-refractivity contribution in [3.05, 3.63) is 34.7 Å². The second-order valence-electron chi connectivity index (χ2n) is 3.78. The van der Waals surface area contributed by atoms with Gasteiger partial charge >= 0.3 is 0 Å². The smallest absolute Gasteiger partial charge is 0.220 e. The molecule has 0 amide bonds. The van der Waals surface area contributed by atoms with E-state index in [-0.39, 0.29) is 0 Å². The molecule has 6 heteroatoms. The van der Waals surface area contributed by atoms with Crippen LogP contribution >= 0.6 is 11.6 Å². The van der Waals surface area contributed by atoms with Gasteiger partial charge in [-0.15, -0.1) is 10.2 Å². The molecule has 0 radical (unpaired) electrons. The molecule has 0 aliphatic carbocycles. The van der Waals surface area contributed by atoms with Gasteiger partial charge in [0.25, 0.3) is 0 Å². The van der Waals surface area contributed by atoms with Crippen molar-refractivity contribution in [2.45, 2.75) is 13.8 Å². The molecule has 3 aromatic rings. The van der Waals surface area contributed by atoms with Crippen LogP contribution in [-0.4, -0.2) is 19.8 Å². The maximum absolute atomic E-state index is 6.07. The minimum Gasteiger partial charge on any atom is -0.461 e. The van der Waals surface area contributed by atoms with E-state index in [2.05, 4.69) is 15.3 Å². The fourth-order valence-corrected chi connectivity index (χ4v) is 1.87. The lowest BCUT2D eigenvalue weighted by molar-refractivity contribution is 0.574. The summed E-state index contributed by atoms with van der Waals surface area (Å²) < 4.78 is 6.89. The second kappa shape index (κ2) is 3.56. The first-order valence-corrected chi connectivity index (χ1v) is 5.48. The molecule has 0 saturated carbocycles. The summed E-state index contributed by atoms with van der Waals surface area (Å²) in [7, 11) is 0. The standard InChI is InChI=1S/C11H9ClN4O/c1-6-7(2)10-13-14-11(8-4-3-5-17-8)16(10)15-9(6)12/h3-5H,1-2H3. The van der Waals surface area contributed by atoms with Gasteiger partial charge in [0.15, 0.2) is 16.6 Å². The number of rotatable bonds is 1. The Bertz CT molecular complexity index is 687. The van der Waals surface area contributed by atoms with Gasteiger partial charge in [0.05, 0.1) is 6.26 Å². The Morgan fingerprint density at radius 3 is 2.76 bits per heavy atom. The topological polar surface area (TPSA) is 56.2 Å². The number of halogens is 1. The predicted octanol–water partition coefficient (Wildman–Crippen LogP) is 2.65. The van der Waals surface area contributed by atoms with Gasteiger partial charge < -0.3 is 4.42 Å². The van der Waals surface area contributed by atoms with Gasteiger partial charge in [-0.25, -0.2) is 0 Å². The molecule has 0 N–H and O–H groups in total. The van der Waals surface area contributed by atoms with Crippen LogP contribution in [0.3, 0.4) is 0 Å². The first-order valence-electron chi connectivity index (χ1n) is 5.10. The van der Waals surface area contributed by atoms with Crippen LogP contribution in [0.5, 0.6) is 0 Å². The van der Waals surface area contributed by atoms with Crippen molar-refractivity contribution in [2.75, 3.05) is 0 Å². The molecular weight excluding hydrogens is 240 g/mol. The third kappa shape index (κ3) is 1.43. The lowest BCUT2D eigenvalue weighted by atomic mass is 10.2. The van der Waals surface area contributed by atoms with Gasteiger partial charge in [-0.3, -0.25) is 0 Å². The second-order valence-corrected chi connectivity index (χ2v) is 4.14. The zero-order valence-corrected chi connectivity index (χ0v) is 10.1. The minimum atomic E-state index is 0.447. The fourth-order valence-electron chi connectivity index (χ4n) is 1.65. The number of hydrogen-bond acceptors (Lipinski definition) is 4. The number of aryl methyl sites for hydroxylation is 1. The number of aromatic nitrogens is 4. The number of nitrogens with zero attached hydrogens (tertiary/aromatic N) is 4. The molecule has 3 heterocycles. The van der Waals surface area contributed by atoms with Crippen molar-refractivity contribution in [3.8, 4) is 11.6 Å². The zero-order valence-electron chi connectivity index (χ0n) is 9.31. The largest absolute Gasteiger partial charge is 0.461 e. The molecular formula is C11H9ClN4O. The maximum atomic E-state index is 6.07. The zero-order chi connectivity index (χ0) is 12.0. The molecule has 0 fully saturated rings. The van der Waals surface area contributed by atoms with E-state index in [0.717, 1.165) is 11.1 Å². The van der Waals surface area contributed by atoms with Gasteiger partial charge in [-0.1, -0.05) is 11.6 Å². The molecule has 86 valence electrons. The highest BCUT2D eigenvalue weighted by molar-refractivity contribution is 6.30. The summed E-state index contributed by atoms with van der Waals surface area (Å²) in [6.07, 6.45) is 1.58. The van der Waals surface area contributed by atoms with Crippen molar-refractivity contribution >= 4 is 17.2 Å². The summed E-state index contributed by atoms with van der Waals surface area (Å²) in [5, 5.41) is 12.9. The quantitative estimate of drug-likeness (QED) is 0.664. The number of hydrogen-bond donors (Lipinski definition) is 0. The van der Waals surface area contributed by atoms with Crippen molar-refractivity contribution in [1.82, 2.24) is 19.8 Å². The molecule has 5 nitrogen and oxygen atoms in total. The van der Waals surface area contributed by atoms with Crippen LogP contribution in [0, 0.1) is 13.8 Å². The van der Waals surface area contributed by atoms with Crippen LogP contribution in [-0.2, 0) is 0 Å². The molecule has 0 aromatic carbocycles. The lowest BCUT2D eigenvalue weighted by Gasteiger charge is -2.03. The highest BCUT2D eigenvalue weighted by Gasteiger charge is 2.16. The molecule has 0 bridgehead atoms. The predicted molar refractivity (Wildman–Crippen MR) is 63.0 cm³/mol. The Hall–Kier alpha value is -1.88. The molecule has 3 aromatic heterocycles. The third-order valence-corrected chi connectivity index (χ3v) is 3.14. The highest BCUT2D eigenvalue weighted by Crippen LogP contribution is 2.23. The Labute approximate surface area is 102 Å². The fraction of sp³-hybridized carbons (Fsp3) is 0.182. The minimum absolute atomic E-state index is 0.447. The van der Waals surface area contributed by atoms with Crippen molar-refractivity contribution in [1.29, 1.82) is 0 Å². The maximum Gasteiger partial charge on any atom is 0.220 e. The molecule has 0 aliphatic rings. The van der Waals surface area contributed by atoms with Gasteiger partial charge in [0.1, 0.15) is 0 Å². The van der Waals surface area contributed by atoms with E-state index in [0.29, 0.717) is 22.4 Å². The SMILES string of the molecule is Cc1c(Cl)nn2c(-c3ccco3)nnc2c1C. The van der Waals surface area contributed by atoms with Crippen LogP contribution in [0.2, 0.25) is 5.15 Å². The average Bonchev–Trinajstić information content (AvgIpc) is 2.93. The molecule has 0 unspecified atom stereocenters. The lowest BCUT2D eigenvalue weighted by Crippen LogP contribution is -1.99.